The molecule has 1 N–H and O–H groups in total. The molecule has 1 aromatic carbocycles. The van der Waals surface area contributed by atoms with Crippen LogP contribution in [0.1, 0.15) is 30.4 Å². The summed E-state index contributed by atoms with van der Waals surface area (Å²) < 4.78 is 14.1. The Kier molecular flexibility index (Phi) is 6.09. The molecule has 0 saturated carbocycles. The van der Waals surface area contributed by atoms with Gasteiger partial charge in [-0.3, -0.25) is 0 Å². The van der Waals surface area contributed by atoms with Crippen LogP contribution in [0.15, 0.2) is 29.6 Å². The molecule has 0 unspecified atom stereocenters. The van der Waals surface area contributed by atoms with Crippen LogP contribution in [-0.2, 0) is 6.42 Å². The first-order valence-corrected chi connectivity index (χ1v) is 11.0. The predicted molar refractivity (Wildman–Crippen MR) is 115 cm³/mol. The van der Waals surface area contributed by atoms with Gasteiger partial charge < -0.3 is 10.2 Å². The van der Waals surface area contributed by atoms with Crippen molar-refractivity contribution in [2.45, 2.75) is 38.6 Å². The van der Waals surface area contributed by atoms with E-state index in [1.807, 2.05) is 12.1 Å². The molecule has 148 valence electrons. The summed E-state index contributed by atoms with van der Waals surface area (Å²) in [7, 11) is 0. The lowest BCUT2D eigenvalue weighted by Crippen LogP contribution is -2.43. The summed E-state index contributed by atoms with van der Waals surface area (Å²) in [6.45, 7) is 4.98. The van der Waals surface area contributed by atoms with Crippen LogP contribution < -0.4 is 10.2 Å². The number of anilines is 1. The van der Waals surface area contributed by atoms with Crippen molar-refractivity contribution in [3.05, 3.63) is 51.9 Å². The van der Waals surface area contributed by atoms with Gasteiger partial charge in [0, 0.05) is 19.1 Å². The van der Waals surface area contributed by atoms with Crippen molar-refractivity contribution >= 4 is 39.0 Å². The molecule has 0 aliphatic carbocycles. The standard InChI is InChI=1S/C21H24ClFN4S/c1-14-13-28-19-18(14)25-21(22)26-20(19)27-11-8-17(9-12-27)24-10-2-3-15-4-6-16(23)7-5-15/h4-7,13,17,24H,2-3,8-12H2,1H3. The SMILES string of the molecule is Cc1csc2c(N3CCC(NCCCc4ccc(F)cc4)CC3)nc(Cl)nc12. The van der Waals surface area contributed by atoms with E-state index in [9.17, 15) is 4.39 Å². The van der Waals surface area contributed by atoms with E-state index in [2.05, 4.69) is 32.5 Å². The minimum atomic E-state index is -0.173. The van der Waals surface area contributed by atoms with Gasteiger partial charge in [0.15, 0.2) is 5.82 Å². The Bertz CT molecular complexity index is 935. The van der Waals surface area contributed by atoms with Crippen molar-refractivity contribution in [3.8, 4) is 0 Å². The summed E-state index contributed by atoms with van der Waals surface area (Å²) in [5, 5.41) is 6.11. The maximum atomic E-state index is 13.0. The smallest absolute Gasteiger partial charge is 0.224 e. The summed E-state index contributed by atoms with van der Waals surface area (Å²) in [6.07, 6.45) is 4.21. The van der Waals surface area contributed by atoms with Crippen LogP contribution in [0.2, 0.25) is 5.28 Å². The summed E-state index contributed by atoms with van der Waals surface area (Å²) in [5.74, 6) is 0.802. The Morgan fingerprint density at radius 1 is 1.21 bits per heavy atom. The van der Waals surface area contributed by atoms with Crippen LogP contribution in [-0.4, -0.2) is 35.6 Å². The number of fused-ring (bicyclic) bond motifs is 1. The molecule has 4 rings (SSSR count). The molecule has 3 heterocycles. The largest absolute Gasteiger partial charge is 0.355 e. The van der Waals surface area contributed by atoms with Crippen molar-refractivity contribution in [3.63, 3.8) is 0 Å². The third-order valence-corrected chi connectivity index (χ3v) is 6.58. The van der Waals surface area contributed by atoms with E-state index in [-0.39, 0.29) is 5.82 Å². The van der Waals surface area contributed by atoms with Crippen LogP contribution >= 0.6 is 22.9 Å². The Morgan fingerprint density at radius 3 is 2.71 bits per heavy atom. The number of hydrogen-bond donors (Lipinski definition) is 1. The lowest BCUT2D eigenvalue weighted by Gasteiger charge is -2.33. The second kappa shape index (κ2) is 8.72. The Labute approximate surface area is 173 Å². The van der Waals surface area contributed by atoms with Crippen molar-refractivity contribution in [2.24, 2.45) is 0 Å². The maximum Gasteiger partial charge on any atom is 0.224 e. The number of hydrogen-bond acceptors (Lipinski definition) is 5. The summed E-state index contributed by atoms with van der Waals surface area (Å²) in [5.41, 5.74) is 3.32. The number of benzene rings is 1. The van der Waals surface area contributed by atoms with Crippen LogP contribution in [0, 0.1) is 12.7 Å². The normalized spacial score (nSPS) is 15.5. The van der Waals surface area contributed by atoms with Gasteiger partial charge in [-0.2, -0.15) is 4.98 Å². The second-order valence-corrected chi connectivity index (χ2v) is 8.58. The summed E-state index contributed by atoms with van der Waals surface area (Å²) in [6, 6.07) is 7.33. The third kappa shape index (κ3) is 4.45. The van der Waals surface area contributed by atoms with Gasteiger partial charge in [0.2, 0.25) is 5.28 Å². The first kappa shape index (κ1) is 19.6. The number of thiophene rings is 1. The number of halogens is 2. The highest BCUT2D eigenvalue weighted by atomic mass is 35.5. The lowest BCUT2D eigenvalue weighted by molar-refractivity contribution is 0.412. The molecule has 1 aliphatic heterocycles. The van der Waals surface area contributed by atoms with Gasteiger partial charge in [-0.1, -0.05) is 12.1 Å². The van der Waals surface area contributed by atoms with E-state index in [0.717, 1.165) is 66.9 Å². The zero-order chi connectivity index (χ0) is 19.5. The topological polar surface area (TPSA) is 41.0 Å². The molecular weight excluding hydrogens is 395 g/mol. The van der Waals surface area contributed by atoms with Crippen LogP contribution in [0.4, 0.5) is 10.2 Å². The number of nitrogens with one attached hydrogen (secondary N) is 1. The highest BCUT2D eigenvalue weighted by Gasteiger charge is 2.23. The average Bonchev–Trinajstić information content (AvgIpc) is 3.07. The van der Waals surface area contributed by atoms with Gasteiger partial charge in [0.1, 0.15) is 5.82 Å². The fourth-order valence-corrected chi connectivity index (χ4v) is 4.92. The van der Waals surface area contributed by atoms with E-state index in [1.54, 1.807) is 11.3 Å². The molecule has 0 bridgehead atoms. The lowest BCUT2D eigenvalue weighted by atomic mass is 10.0. The monoisotopic (exact) mass is 418 g/mol. The molecular formula is C21H24ClFN4S. The van der Waals surface area contributed by atoms with Crippen molar-refractivity contribution in [1.29, 1.82) is 0 Å². The van der Waals surface area contributed by atoms with Gasteiger partial charge in [-0.05, 0) is 79.4 Å². The van der Waals surface area contributed by atoms with Crippen LogP contribution in [0.5, 0.6) is 0 Å². The highest BCUT2D eigenvalue weighted by Crippen LogP contribution is 2.33. The van der Waals surface area contributed by atoms with Gasteiger partial charge in [-0.15, -0.1) is 11.3 Å². The fraction of sp³-hybridized carbons (Fsp3) is 0.429. The third-order valence-electron chi connectivity index (χ3n) is 5.33. The molecule has 2 aromatic heterocycles. The summed E-state index contributed by atoms with van der Waals surface area (Å²) in [4.78, 5) is 11.2. The highest BCUT2D eigenvalue weighted by molar-refractivity contribution is 7.18. The minimum absolute atomic E-state index is 0.173. The maximum absolute atomic E-state index is 13.0. The molecule has 1 aliphatic rings. The fourth-order valence-electron chi connectivity index (χ4n) is 3.75. The van der Waals surface area contributed by atoms with E-state index in [0.29, 0.717) is 11.3 Å². The average molecular weight is 419 g/mol. The quantitative estimate of drug-likeness (QED) is 0.452. The minimum Gasteiger partial charge on any atom is -0.355 e. The Balaban J connectivity index is 1.27. The zero-order valence-corrected chi connectivity index (χ0v) is 17.5. The molecule has 28 heavy (non-hydrogen) atoms. The number of aryl methyl sites for hydroxylation is 2. The molecule has 7 heteroatoms. The van der Waals surface area contributed by atoms with Crippen molar-refractivity contribution in [1.82, 2.24) is 15.3 Å². The molecule has 0 atom stereocenters. The number of rotatable bonds is 6. The molecule has 0 spiro atoms. The van der Waals surface area contributed by atoms with Crippen molar-refractivity contribution < 1.29 is 4.39 Å². The van der Waals surface area contributed by atoms with Crippen LogP contribution in [0.25, 0.3) is 10.2 Å². The molecule has 3 aromatic rings. The molecule has 1 fully saturated rings. The predicted octanol–water partition coefficient (Wildman–Crippen LogP) is 4.98. The molecule has 0 radical (unpaired) electrons. The van der Waals surface area contributed by atoms with E-state index in [4.69, 9.17) is 11.6 Å². The Morgan fingerprint density at radius 2 is 1.96 bits per heavy atom. The number of piperidine rings is 1. The zero-order valence-electron chi connectivity index (χ0n) is 15.9. The molecule has 4 nitrogen and oxygen atoms in total. The van der Waals surface area contributed by atoms with Crippen molar-refractivity contribution in [2.75, 3.05) is 24.5 Å². The first-order chi connectivity index (χ1) is 13.6. The molecule has 1 saturated heterocycles. The van der Waals surface area contributed by atoms with Gasteiger partial charge in [-0.25, -0.2) is 9.37 Å². The molecule has 0 amide bonds. The second-order valence-electron chi connectivity index (χ2n) is 7.36. The van der Waals surface area contributed by atoms with Gasteiger partial charge in [0.25, 0.3) is 0 Å². The number of aromatic nitrogens is 2. The Hall–Kier alpha value is -1.76. The van der Waals surface area contributed by atoms with Gasteiger partial charge >= 0.3 is 0 Å². The number of nitrogens with zero attached hydrogens (tertiary/aromatic N) is 3. The summed E-state index contributed by atoms with van der Waals surface area (Å²) >= 11 is 7.86. The van der Waals surface area contributed by atoms with E-state index in [1.165, 1.54) is 17.7 Å². The first-order valence-electron chi connectivity index (χ1n) is 9.74. The van der Waals surface area contributed by atoms with E-state index >= 15 is 0 Å². The van der Waals surface area contributed by atoms with Gasteiger partial charge in [0.05, 0.1) is 10.2 Å². The van der Waals surface area contributed by atoms with E-state index < -0.39 is 0 Å². The van der Waals surface area contributed by atoms with Crippen LogP contribution in [0.3, 0.4) is 0 Å².